The summed E-state index contributed by atoms with van der Waals surface area (Å²) in [5, 5.41) is 5.10. The molecule has 1 aliphatic heterocycles. The molecular formula is C23H24N2O7. The van der Waals surface area contributed by atoms with Crippen LogP contribution >= 0.6 is 0 Å². The summed E-state index contributed by atoms with van der Waals surface area (Å²) < 4.78 is 15.5. The zero-order chi connectivity index (χ0) is 23.1. The molecule has 1 aliphatic rings. The molecule has 2 amide bonds. The lowest BCUT2D eigenvalue weighted by atomic mass is 10.1. The Morgan fingerprint density at radius 2 is 1.84 bits per heavy atom. The number of ether oxygens (including phenoxy) is 3. The Balaban J connectivity index is 1.53. The number of anilines is 1. The van der Waals surface area contributed by atoms with Crippen molar-refractivity contribution in [3.8, 4) is 5.75 Å². The molecule has 0 fully saturated rings. The van der Waals surface area contributed by atoms with Crippen LogP contribution in [-0.2, 0) is 25.7 Å². The van der Waals surface area contributed by atoms with Gasteiger partial charge >= 0.3 is 12.1 Å². The number of ketones is 1. The maximum atomic E-state index is 12.5. The third kappa shape index (κ3) is 6.07. The van der Waals surface area contributed by atoms with Crippen molar-refractivity contribution >= 4 is 29.4 Å². The van der Waals surface area contributed by atoms with Gasteiger partial charge in [-0.3, -0.25) is 9.59 Å². The van der Waals surface area contributed by atoms with Crippen molar-refractivity contribution in [3.05, 3.63) is 59.7 Å². The molecule has 0 spiro atoms. The highest BCUT2D eigenvalue weighted by atomic mass is 16.6. The summed E-state index contributed by atoms with van der Waals surface area (Å²) in [5.41, 5.74) is 1.43. The number of fused-ring (bicyclic) bond motifs is 1. The molecule has 0 aliphatic carbocycles. The first-order valence-electron chi connectivity index (χ1n) is 10.1. The number of nitrogens with one attached hydrogen (secondary N) is 2. The van der Waals surface area contributed by atoms with Gasteiger partial charge in [-0.2, -0.15) is 0 Å². The molecular weight excluding hydrogens is 416 g/mol. The number of hydrogen-bond acceptors (Lipinski definition) is 7. The Labute approximate surface area is 185 Å². The van der Waals surface area contributed by atoms with Crippen LogP contribution in [0.15, 0.2) is 48.5 Å². The molecule has 0 aromatic heterocycles. The van der Waals surface area contributed by atoms with Crippen LogP contribution in [0.5, 0.6) is 5.75 Å². The lowest BCUT2D eigenvalue weighted by Gasteiger charge is -2.21. The van der Waals surface area contributed by atoms with E-state index in [4.69, 9.17) is 14.2 Å². The molecule has 0 bridgehead atoms. The third-order valence-corrected chi connectivity index (χ3v) is 4.69. The van der Waals surface area contributed by atoms with Crippen LogP contribution < -0.4 is 15.4 Å². The first-order chi connectivity index (χ1) is 15.3. The Morgan fingerprint density at radius 1 is 1.09 bits per heavy atom. The number of carbonyl (C=O) groups excluding carboxylic acids is 4. The topological polar surface area (TPSA) is 120 Å². The second kappa shape index (κ2) is 10.4. The Bertz CT molecular complexity index is 1000. The van der Waals surface area contributed by atoms with Gasteiger partial charge in [0.25, 0.3) is 5.91 Å². The second-order valence-electron chi connectivity index (χ2n) is 7.51. The minimum atomic E-state index is -0.984. The average Bonchev–Trinajstić information content (AvgIpc) is 2.79. The van der Waals surface area contributed by atoms with E-state index in [-0.39, 0.29) is 30.6 Å². The highest BCUT2D eigenvalue weighted by Gasteiger charge is 2.27. The molecule has 0 radical (unpaired) electrons. The fourth-order valence-corrected chi connectivity index (χ4v) is 2.96. The van der Waals surface area contributed by atoms with E-state index in [2.05, 4.69) is 10.6 Å². The lowest BCUT2D eigenvalue weighted by Crippen LogP contribution is -2.45. The molecule has 2 aromatic carbocycles. The van der Waals surface area contributed by atoms with Crippen LogP contribution in [0.25, 0.3) is 0 Å². The van der Waals surface area contributed by atoms with Gasteiger partial charge in [0.1, 0.15) is 18.4 Å². The molecule has 0 saturated heterocycles. The Kier molecular flexibility index (Phi) is 7.43. The number of carbonyl (C=O) groups is 4. The largest absolute Gasteiger partial charge is 0.482 e. The number of alkyl carbamates (subject to hydrolysis) is 1. The molecule has 1 heterocycles. The number of Topliss-reactive ketones (excluding diaryl/α,β-unsaturated/α-hetero) is 1. The zero-order valence-corrected chi connectivity index (χ0v) is 17.8. The number of benzene rings is 2. The van der Waals surface area contributed by atoms with Crippen molar-refractivity contribution in [2.45, 2.75) is 26.5 Å². The van der Waals surface area contributed by atoms with Gasteiger partial charge in [-0.1, -0.05) is 44.2 Å². The first kappa shape index (κ1) is 22.8. The van der Waals surface area contributed by atoms with Crippen LogP contribution in [0.4, 0.5) is 10.5 Å². The molecule has 32 heavy (non-hydrogen) atoms. The molecule has 2 N–H and O–H groups in total. The highest BCUT2D eigenvalue weighted by Crippen LogP contribution is 2.28. The highest BCUT2D eigenvalue weighted by molar-refractivity contribution is 6.02. The molecule has 0 saturated carbocycles. The molecule has 0 unspecified atom stereocenters. The molecule has 1 atom stereocenters. The van der Waals surface area contributed by atoms with Crippen LogP contribution in [0.2, 0.25) is 0 Å². The van der Waals surface area contributed by atoms with Gasteiger partial charge in [-0.15, -0.1) is 0 Å². The number of amides is 2. The van der Waals surface area contributed by atoms with E-state index < -0.39 is 30.5 Å². The fraction of sp³-hybridized carbons (Fsp3) is 0.304. The van der Waals surface area contributed by atoms with Crippen LogP contribution in [0, 0.1) is 5.92 Å². The van der Waals surface area contributed by atoms with E-state index in [9.17, 15) is 19.2 Å². The van der Waals surface area contributed by atoms with Gasteiger partial charge in [0.2, 0.25) is 0 Å². The van der Waals surface area contributed by atoms with Crippen molar-refractivity contribution in [3.63, 3.8) is 0 Å². The van der Waals surface area contributed by atoms with Gasteiger partial charge in [-0.25, -0.2) is 9.59 Å². The molecule has 168 valence electrons. The quantitative estimate of drug-likeness (QED) is 0.478. The molecule has 9 heteroatoms. The number of esters is 1. The molecule has 3 rings (SSSR count). The zero-order valence-electron chi connectivity index (χ0n) is 17.8. The minimum absolute atomic E-state index is 0.0591. The minimum Gasteiger partial charge on any atom is -0.482 e. The maximum absolute atomic E-state index is 12.5. The van der Waals surface area contributed by atoms with Crippen molar-refractivity contribution in [1.29, 1.82) is 0 Å². The predicted octanol–water partition coefficient (Wildman–Crippen LogP) is 2.69. The Hall–Kier alpha value is -3.88. The van der Waals surface area contributed by atoms with Crippen LogP contribution in [-0.4, -0.2) is 43.0 Å². The van der Waals surface area contributed by atoms with E-state index in [1.165, 1.54) is 12.1 Å². The van der Waals surface area contributed by atoms with E-state index in [1.807, 2.05) is 30.3 Å². The normalized spacial score (nSPS) is 13.3. The van der Waals surface area contributed by atoms with E-state index in [0.717, 1.165) is 5.56 Å². The summed E-state index contributed by atoms with van der Waals surface area (Å²) in [4.78, 5) is 48.5. The summed E-state index contributed by atoms with van der Waals surface area (Å²) in [6.07, 6.45) is -0.763. The summed E-state index contributed by atoms with van der Waals surface area (Å²) in [6, 6.07) is 12.7. The summed E-state index contributed by atoms with van der Waals surface area (Å²) >= 11 is 0. The average molecular weight is 440 g/mol. The van der Waals surface area contributed by atoms with Gasteiger partial charge in [0, 0.05) is 5.56 Å². The maximum Gasteiger partial charge on any atom is 0.408 e. The molecule has 2 aromatic rings. The van der Waals surface area contributed by atoms with Gasteiger partial charge < -0.3 is 24.8 Å². The SMILES string of the molecule is CC(C)[C@H](NC(=O)OCc1ccccc1)C(=O)OCC(=O)c1ccc2c(c1)NC(=O)CO2. The van der Waals surface area contributed by atoms with E-state index in [0.29, 0.717) is 11.4 Å². The monoisotopic (exact) mass is 440 g/mol. The second-order valence-corrected chi connectivity index (χ2v) is 7.51. The van der Waals surface area contributed by atoms with Crippen LogP contribution in [0.3, 0.4) is 0 Å². The summed E-state index contributed by atoms with van der Waals surface area (Å²) in [6.45, 7) is 2.92. The van der Waals surface area contributed by atoms with Gasteiger partial charge in [0.15, 0.2) is 19.0 Å². The first-order valence-corrected chi connectivity index (χ1v) is 10.1. The van der Waals surface area contributed by atoms with E-state index in [1.54, 1.807) is 19.9 Å². The van der Waals surface area contributed by atoms with Crippen molar-refractivity contribution < 1.29 is 33.4 Å². The van der Waals surface area contributed by atoms with Crippen molar-refractivity contribution in [2.24, 2.45) is 5.92 Å². The predicted molar refractivity (Wildman–Crippen MR) is 114 cm³/mol. The third-order valence-electron chi connectivity index (χ3n) is 4.69. The molecule has 9 nitrogen and oxygen atoms in total. The van der Waals surface area contributed by atoms with Crippen LogP contribution in [0.1, 0.15) is 29.8 Å². The van der Waals surface area contributed by atoms with Crippen molar-refractivity contribution in [2.75, 3.05) is 18.5 Å². The van der Waals surface area contributed by atoms with E-state index >= 15 is 0 Å². The fourth-order valence-electron chi connectivity index (χ4n) is 2.96. The van der Waals surface area contributed by atoms with Gasteiger partial charge in [-0.05, 0) is 29.7 Å². The lowest BCUT2D eigenvalue weighted by molar-refractivity contribution is -0.146. The van der Waals surface area contributed by atoms with Gasteiger partial charge in [0.05, 0.1) is 5.69 Å². The van der Waals surface area contributed by atoms with Crippen molar-refractivity contribution in [1.82, 2.24) is 5.32 Å². The smallest absolute Gasteiger partial charge is 0.408 e. The summed E-state index contributed by atoms with van der Waals surface area (Å²) in [7, 11) is 0. The number of rotatable bonds is 8. The number of hydrogen-bond donors (Lipinski definition) is 2. The summed E-state index contributed by atoms with van der Waals surface area (Å²) in [5.74, 6) is -1.37. The Morgan fingerprint density at radius 3 is 2.56 bits per heavy atom. The standard InChI is InChI=1S/C23H24N2O7/c1-14(2)21(25-23(29)32-11-15-6-4-3-5-7-15)22(28)31-12-18(26)16-8-9-19-17(10-16)24-20(27)13-30-19/h3-10,14,21H,11-13H2,1-2H3,(H,24,27)(H,25,29)/t21-/m0/s1.